The molecule has 0 saturated carbocycles. The highest BCUT2D eigenvalue weighted by Crippen LogP contribution is 2.16. The van der Waals surface area contributed by atoms with Gasteiger partial charge >= 0.3 is 0 Å². The first-order valence-electron chi connectivity index (χ1n) is 6.71. The Kier molecular flexibility index (Phi) is 6.16. The normalized spacial score (nSPS) is 14.2. The van der Waals surface area contributed by atoms with Crippen LogP contribution in [0.2, 0.25) is 0 Å². The predicted octanol–water partition coefficient (Wildman–Crippen LogP) is 2.73. The number of nitrogens with one attached hydrogen (secondary N) is 1. The fourth-order valence-electron chi connectivity index (χ4n) is 2.00. The standard InChI is InChI=1S/C15H25NO2/c1-4-9-15(3,12-17)16-11-13-7-6-8-14(10-13)18-5-2/h6-8,10,16-17H,4-5,9,11-12H2,1-3H3. The van der Waals surface area contributed by atoms with Crippen LogP contribution in [0.15, 0.2) is 24.3 Å². The Hall–Kier alpha value is -1.06. The molecule has 0 radical (unpaired) electrons. The van der Waals surface area contributed by atoms with Gasteiger partial charge in [0.25, 0.3) is 0 Å². The van der Waals surface area contributed by atoms with E-state index in [2.05, 4.69) is 25.2 Å². The first kappa shape index (κ1) is 15.0. The molecule has 18 heavy (non-hydrogen) atoms. The van der Waals surface area contributed by atoms with Gasteiger partial charge in [-0.15, -0.1) is 0 Å². The highest BCUT2D eigenvalue weighted by Gasteiger charge is 2.20. The summed E-state index contributed by atoms with van der Waals surface area (Å²) in [5.41, 5.74) is 0.979. The molecule has 0 aliphatic heterocycles. The van der Waals surface area contributed by atoms with Gasteiger partial charge < -0.3 is 15.2 Å². The maximum absolute atomic E-state index is 9.45. The lowest BCUT2D eigenvalue weighted by molar-refractivity contribution is 0.163. The molecule has 0 fully saturated rings. The number of hydrogen-bond donors (Lipinski definition) is 2. The van der Waals surface area contributed by atoms with E-state index in [0.29, 0.717) is 6.61 Å². The molecule has 1 rings (SSSR count). The van der Waals surface area contributed by atoms with Gasteiger partial charge in [0, 0.05) is 12.1 Å². The van der Waals surface area contributed by atoms with Crippen LogP contribution in [-0.4, -0.2) is 23.9 Å². The van der Waals surface area contributed by atoms with Gasteiger partial charge in [0.05, 0.1) is 13.2 Å². The van der Waals surface area contributed by atoms with Crippen molar-refractivity contribution in [1.29, 1.82) is 0 Å². The zero-order valence-corrected chi connectivity index (χ0v) is 11.7. The Balaban J connectivity index is 2.59. The topological polar surface area (TPSA) is 41.5 Å². The maximum Gasteiger partial charge on any atom is 0.119 e. The third kappa shape index (κ3) is 4.67. The van der Waals surface area contributed by atoms with Crippen LogP contribution in [0.5, 0.6) is 5.75 Å². The number of aliphatic hydroxyl groups excluding tert-OH is 1. The number of hydrogen-bond acceptors (Lipinski definition) is 3. The molecule has 0 aliphatic rings. The minimum absolute atomic E-state index is 0.159. The molecular formula is C15H25NO2. The van der Waals surface area contributed by atoms with Gasteiger partial charge in [-0.05, 0) is 38.0 Å². The Morgan fingerprint density at radius 1 is 1.33 bits per heavy atom. The van der Waals surface area contributed by atoms with E-state index in [1.165, 1.54) is 5.56 Å². The average molecular weight is 251 g/mol. The van der Waals surface area contributed by atoms with Crippen molar-refractivity contribution in [3.63, 3.8) is 0 Å². The van der Waals surface area contributed by atoms with Crippen LogP contribution in [0.1, 0.15) is 39.2 Å². The first-order chi connectivity index (χ1) is 8.63. The molecule has 0 spiro atoms. The van der Waals surface area contributed by atoms with Crippen molar-refractivity contribution in [2.24, 2.45) is 0 Å². The van der Waals surface area contributed by atoms with E-state index in [1.807, 2.05) is 25.1 Å². The second kappa shape index (κ2) is 7.39. The molecule has 0 bridgehead atoms. The van der Waals surface area contributed by atoms with Crippen molar-refractivity contribution in [2.75, 3.05) is 13.2 Å². The summed E-state index contributed by atoms with van der Waals surface area (Å²) in [5.74, 6) is 0.901. The van der Waals surface area contributed by atoms with E-state index < -0.39 is 0 Å². The molecule has 0 aliphatic carbocycles. The molecule has 1 atom stereocenters. The highest BCUT2D eigenvalue weighted by molar-refractivity contribution is 5.28. The second-order valence-electron chi connectivity index (χ2n) is 4.90. The van der Waals surface area contributed by atoms with E-state index in [0.717, 1.165) is 25.1 Å². The molecular weight excluding hydrogens is 226 g/mol. The number of benzene rings is 1. The zero-order valence-electron chi connectivity index (χ0n) is 11.7. The molecule has 1 unspecified atom stereocenters. The van der Waals surface area contributed by atoms with Crippen LogP contribution < -0.4 is 10.1 Å². The van der Waals surface area contributed by atoms with Crippen LogP contribution in [0.3, 0.4) is 0 Å². The van der Waals surface area contributed by atoms with Gasteiger partial charge in [0.2, 0.25) is 0 Å². The minimum Gasteiger partial charge on any atom is -0.494 e. The van der Waals surface area contributed by atoms with Gasteiger partial charge in [-0.2, -0.15) is 0 Å². The zero-order chi connectivity index (χ0) is 13.4. The smallest absolute Gasteiger partial charge is 0.119 e. The molecule has 0 aromatic heterocycles. The van der Waals surface area contributed by atoms with Crippen LogP contribution in [-0.2, 0) is 6.54 Å². The van der Waals surface area contributed by atoms with E-state index in [1.54, 1.807) is 0 Å². The van der Waals surface area contributed by atoms with E-state index in [-0.39, 0.29) is 12.1 Å². The third-order valence-electron chi connectivity index (χ3n) is 3.08. The monoisotopic (exact) mass is 251 g/mol. The van der Waals surface area contributed by atoms with Crippen molar-refractivity contribution in [3.05, 3.63) is 29.8 Å². The van der Waals surface area contributed by atoms with Crippen molar-refractivity contribution in [1.82, 2.24) is 5.32 Å². The second-order valence-corrected chi connectivity index (χ2v) is 4.90. The fraction of sp³-hybridized carbons (Fsp3) is 0.600. The van der Waals surface area contributed by atoms with E-state index in [4.69, 9.17) is 4.74 Å². The largest absolute Gasteiger partial charge is 0.494 e. The molecule has 0 heterocycles. The predicted molar refractivity (Wildman–Crippen MR) is 74.8 cm³/mol. The first-order valence-corrected chi connectivity index (χ1v) is 6.71. The quantitative estimate of drug-likeness (QED) is 0.746. The summed E-state index contributed by atoms with van der Waals surface area (Å²) in [4.78, 5) is 0. The lowest BCUT2D eigenvalue weighted by Gasteiger charge is -2.28. The maximum atomic E-state index is 9.45. The summed E-state index contributed by atoms with van der Waals surface area (Å²) in [7, 11) is 0. The molecule has 0 amide bonds. The summed E-state index contributed by atoms with van der Waals surface area (Å²) >= 11 is 0. The van der Waals surface area contributed by atoms with Gasteiger partial charge in [0.15, 0.2) is 0 Å². The highest BCUT2D eigenvalue weighted by atomic mass is 16.5. The number of ether oxygens (including phenoxy) is 1. The van der Waals surface area contributed by atoms with Crippen LogP contribution >= 0.6 is 0 Å². The Morgan fingerprint density at radius 2 is 2.11 bits per heavy atom. The van der Waals surface area contributed by atoms with E-state index in [9.17, 15) is 5.11 Å². The Labute approximate surface area is 110 Å². The van der Waals surface area contributed by atoms with Crippen molar-refractivity contribution >= 4 is 0 Å². The molecule has 1 aromatic rings. The van der Waals surface area contributed by atoms with E-state index >= 15 is 0 Å². The van der Waals surface area contributed by atoms with Gasteiger partial charge in [-0.3, -0.25) is 0 Å². The number of rotatable bonds is 8. The van der Waals surface area contributed by atoms with Crippen LogP contribution in [0.25, 0.3) is 0 Å². The van der Waals surface area contributed by atoms with Crippen molar-refractivity contribution < 1.29 is 9.84 Å². The molecule has 2 N–H and O–H groups in total. The van der Waals surface area contributed by atoms with Crippen molar-refractivity contribution in [2.45, 2.75) is 45.7 Å². The van der Waals surface area contributed by atoms with Gasteiger partial charge in [-0.25, -0.2) is 0 Å². The van der Waals surface area contributed by atoms with Crippen LogP contribution in [0.4, 0.5) is 0 Å². The third-order valence-corrected chi connectivity index (χ3v) is 3.08. The average Bonchev–Trinajstić information content (AvgIpc) is 2.38. The fourth-order valence-corrected chi connectivity index (χ4v) is 2.00. The Morgan fingerprint density at radius 3 is 2.72 bits per heavy atom. The summed E-state index contributed by atoms with van der Waals surface area (Å²) in [5, 5.41) is 12.9. The summed E-state index contributed by atoms with van der Waals surface area (Å²) < 4.78 is 5.48. The molecule has 0 saturated heterocycles. The lowest BCUT2D eigenvalue weighted by atomic mass is 9.97. The summed E-state index contributed by atoms with van der Waals surface area (Å²) in [6.45, 7) is 7.76. The van der Waals surface area contributed by atoms with Gasteiger partial charge in [-0.1, -0.05) is 25.5 Å². The summed E-state index contributed by atoms with van der Waals surface area (Å²) in [6, 6.07) is 8.07. The summed E-state index contributed by atoms with van der Waals surface area (Å²) in [6.07, 6.45) is 2.03. The minimum atomic E-state index is -0.198. The van der Waals surface area contributed by atoms with Gasteiger partial charge in [0.1, 0.15) is 5.75 Å². The molecule has 3 nitrogen and oxygen atoms in total. The molecule has 1 aromatic carbocycles. The molecule has 102 valence electrons. The SMILES string of the molecule is CCCC(C)(CO)NCc1cccc(OCC)c1. The Bertz CT molecular complexity index is 354. The molecule has 3 heteroatoms. The lowest BCUT2D eigenvalue weighted by Crippen LogP contribution is -2.45. The van der Waals surface area contributed by atoms with Crippen LogP contribution in [0, 0.1) is 0 Å². The van der Waals surface area contributed by atoms with Crippen molar-refractivity contribution in [3.8, 4) is 5.75 Å². The number of aliphatic hydroxyl groups is 1.